The topological polar surface area (TPSA) is 43.9 Å². The summed E-state index contributed by atoms with van der Waals surface area (Å²) in [4.78, 5) is 9.81. The Kier molecular flexibility index (Phi) is 6.01. The van der Waals surface area contributed by atoms with Crippen LogP contribution in [0, 0.1) is 6.92 Å². The number of rotatable bonds is 5. The molecule has 0 aliphatic heterocycles. The summed E-state index contributed by atoms with van der Waals surface area (Å²) in [7, 11) is 0. The SMILES string of the molecule is Cc1cc2oc3c(-c4nc5ccccc5n4-c4c(C(C)C)cc(-c5ccccc5)cc4C(C)C)cccc3c2cn1. The van der Waals surface area contributed by atoms with E-state index in [1.54, 1.807) is 0 Å². The predicted octanol–water partition coefficient (Wildman–Crippen LogP) is 10.2. The van der Waals surface area contributed by atoms with Crippen LogP contribution in [-0.2, 0) is 0 Å². The Morgan fingerprint density at radius 2 is 1.41 bits per heavy atom. The van der Waals surface area contributed by atoms with Crippen LogP contribution in [0.4, 0.5) is 0 Å². The third-order valence-electron chi connectivity index (χ3n) is 8.07. The van der Waals surface area contributed by atoms with Crippen LogP contribution in [0.1, 0.15) is 56.4 Å². The molecule has 0 saturated heterocycles. The third kappa shape index (κ3) is 4.13. The van der Waals surface area contributed by atoms with Gasteiger partial charge in [-0.3, -0.25) is 9.55 Å². The minimum absolute atomic E-state index is 0.302. The Morgan fingerprint density at radius 3 is 2.15 bits per heavy atom. The molecule has 0 aliphatic carbocycles. The van der Waals surface area contributed by atoms with E-state index in [2.05, 4.69) is 122 Å². The average Bonchev–Trinajstić information content (AvgIpc) is 3.54. The molecule has 3 aromatic heterocycles. The largest absolute Gasteiger partial charge is 0.455 e. The molecular weight excluding hydrogens is 502 g/mol. The molecule has 3 heterocycles. The smallest absolute Gasteiger partial charge is 0.149 e. The highest BCUT2D eigenvalue weighted by Gasteiger charge is 2.25. The Bertz CT molecular complexity index is 2030. The Balaban J connectivity index is 1.59. The fraction of sp³-hybridized carbons (Fsp3) is 0.189. The number of imidazole rings is 1. The first-order valence-corrected chi connectivity index (χ1v) is 14.4. The molecule has 202 valence electrons. The van der Waals surface area contributed by atoms with Crippen molar-refractivity contribution < 1.29 is 4.42 Å². The van der Waals surface area contributed by atoms with Gasteiger partial charge in [0.25, 0.3) is 0 Å². The maximum atomic E-state index is 6.54. The first-order valence-electron chi connectivity index (χ1n) is 14.4. The number of aryl methyl sites for hydroxylation is 1. The van der Waals surface area contributed by atoms with E-state index < -0.39 is 0 Å². The van der Waals surface area contributed by atoms with E-state index in [0.717, 1.165) is 50.1 Å². The molecule has 0 saturated carbocycles. The van der Waals surface area contributed by atoms with Gasteiger partial charge in [0.2, 0.25) is 0 Å². The van der Waals surface area contributed by atoms with Crippen molar-refractivity contribution in [3.8, 4) is 28.2 Å². The van der Waals surface area contributed by atoms with Gasteiger partial charge < -0.3 is 4.42 Å². The molecule has 0 amide bonds. The summed E-state index contributed by atoms with van der Waals surface area (Å²) in [6, 6.07) is 32.2. The molecule has 0 spiro atoms. The predicted molar refractivity (Wildman–Crippen MR) is 170 cm³/mol. The lowest BCUT2D eigenvalue weighted by Crippen LogP contribution is -2.09. The highest BCUT2D eigenvalue weighted by Crippen LogP contribution is 2.42. The fourth-order valence-electron chi connectivity index (χ4n) is 6.02. The van der Waals surface area contributed by atoms with Crippen molar-refractivity contribution in [1.29, 1.82) is 0 Å². The van der Waals surface area contributed by atoms with E-state index in [1.807, 2.05) is 19.2 Å². The van der Waals surface area contributed by atoms with Crippen LogP contribution >= 0.6 is 0 Å². The molecule has 0 unspecified atom stereocenters. The molecule has 4 aromatic carbocycles. The lowest BCUT2D eigenvalue weighted by Gasteiger charge is -2.24. The Labute approximate surface area is 240 Å². The van der Waals surface area contributed by atoms with Gasteiger partial charge in [-0.2, -0.15) is 0 Å². The van der Waals surface area contributed by atoms with Crippen molar-refractivity contribution in [3.63, 3.8) is 0 Å². The molecular formula is C37H33N3O. The standard InChI is InChI=1S/C37H33N3O/c1-22(2)29-19-26(25-12-7-6-8-13-25)20-30(23(3)4)35(29)40-33-17-10-9-16-32(33)39-37(40)28-15-11-14-27-31-21-38-24(5)18-34(31)41-36(27)28/h6-23H,1-5H3. The van der Waals surface area contributed by atoms with Crippen molar-refractivity contribution in [3.05, 3.63) is 114 Å². The van der Waals surface area contributed by atoms with Crippen molar-refractivity contribution in [2.75, 3.05) is 0 Å². The Morgan fingerprint density at radius 1 is 0.707 bits per heavy atom. The van der Waals surface area contributed by atoms with E-state index in [-0.39, 0.29) is 0 Å². The summed E-state index contributed by atoms with van der Waals surface area (Å²) < 4.78 is 8.92. The zero-order valence-electron chi connectivity index (χ0n) is 24.1. The number of hydrogen-bond donors (Lipinski definition) is 0. The van der Waals surface area contributed by atoms with Gasteiger partial charge in [-0.25, -0.2) is 4.98 Å². The van der Waals surface area contributed by atoms with Crippen molar-refractivity contribution in [1.82, 2.24) is 14.5 Å². The van der Waals surface area contributed by atoms with E-state index in [4.69, 9.17) is 9.40 Å². The molecule has 0 radical (unpaired) electrons. The van der Waals surface area contributed by atoms with Crippen molar-refractivity contribution in [2.45, 2.75) is 46.5 Å². The normalized spacial score (nSPS) is 12.0. The monoisotopic (exact) mass is 535 g/mol. The second kappa shape index (κ2) is 9.74. The molecule has 7 aromatic rings. The van der Waals surface area contributed by atoms with Gasteiger partial charge in [-0.1, -0.05) is 82.3 Å². The van der Waals surface area contributed by atoms with Crippen LogP contribution in [0.2, 0.25) is 0 Å². The van der Waals surface area contributed by atoms with Gasteiger partial charge in [-0.15, -0.1) is 0 Å². The molecule has 0 bridgehead atoms. The van der Waals surface area contributed by atoms with Gasteiger partial charge >= 0.3 is 0 Å². The highest BCUT2D eigenvalue weighted by atomic mass is 16.3. The summed E-state index contributed by atoms with van der Waals surface area (Å²) in [5, 5.41) is 2.07. The van der Waals surface area contributed by atoms with Gasteiger partial charge in [-0.05, 0) is 71.3 Å². The van der Waals surface area contributed by atoms with Crippen LogP contribution in [-0.4, -0.2) is 14.5 Å². The second-order valence-corrected chi connectivity index (χ2v) is 11.5. The van der Waals surface area contributed by atoms with E-state index >= 15 is 0 Å². The maximum absolute atomic E-state index is 6.54. The highest BCUT2D eigenvalue weighted by molar-refractivity contribution is 6.09. The quantitative estimate of drug-likeness (QED) is 0.220. The van der Waals surface area contributed by atoms with Crippen molar-refractivity contribution >= 4 is 33.0 Å². The number of benzene rings is 4. The number of hydrogen-bond acceptors (Lipinski definition) is 3. The summed E-state index contributed by atoms with van der Waals surface area (Å²) in [6.07, 6.45) is 1.92. The summed E-state index contributed by atoms with van der Waals surface area (Å²) in [5.74, 6) is 1.49. The van der Waals surface area contributed by atoms with Crippen LogP contribution < -0.4 is 0 Å². The fourth-order valence-corrected chi connectivity index (χ4v) is 6.02. The maximum Gasteiger partial charge on any atom is 0.149 e. The molecule has 41 heavy (non-hydrogen) atoms. The van der Waals surface area contributed by atoms with Crippen LogP contribution in [0.5, 0.6) is 0 Å². The molecule has 7 rings (SSSR count). The zero-order chi connectivity index (χ0) is 28.2. The number of aromatic nitrogens is 3. The first kappa shape index (κ1) is 25.3. The Hall–Kier alpha value is -4.70. The number of furan rings is 1. The minimum atomic E-state index is 0.302. The molecule has 0 atom stereocenters. The number of fused-ring (bicyclic) bond motifs is 4. The van der Waals surface area contributed by atoms with Crippen LogP contribution in [0.3, 0.4) is 0 Å². The average molecular weight is 536 g/mol. The number of pyridine rings is 1. The zero-order valence-corrected chi connectivity index (χ0v) is 24.1. The number of nitrogens with zero attached hydrogens (tertiary/aromatic N) is 3. The molecule has 4 heteroatoms. The summed E-state index contributed by atoms with van der Waals surface area (Å²) in [6.45, 7) is 11.1. The van der Waals surface area contributed by atoms with Crippen LogP contribution in [0.25, 0.3) is 61.2 Å². The lowest BCUT2D eigenvalue weighted by atomic mass is 9.88. The van der Waals surface area contributed by atoms with Gasteiger partial charge in [0, 0.05) is 28.7 Å². The van der Waals surface area contributed by atoms with Crippen molar-refractivity contribution in [2.24, 2.45) is 0 Å². The van der Waals surface area contributed by atoms with E-state index in [9.17, 15) is 0 Å². The first-order chi connectivity index (χ1) is 19.9. The molecule has 0 aliphatic rings. The number of para-hydroxylation sites is 3. The van der Waals surface area contributed by atoms with Gasteiger partial charge in [0.05, 0.1) is 22.3 Å². The molecule has 0 fully saturated rings. The molecule has 4 nitrogen and oxygen atoms in total. The molecule has 0 N–H and O–H groups in total. The van der Waals surface area contributed by atoms with Crippen LogP contribution in [0.15, 0.2) is 102 Å². The van der Waals surface area contributed by atoms with E-state index in [0.29, 0.717) is 11.8 Å². The summed E-state index contributed by atoms with van der Waals surface area (Å²) in [5.41, 5.74) is 11.9. The van der Waals surface area contributed by atoms with E-state index in [1.165, 1.54) is 27.9 Å². The summed E-state index contributed by atoms with van der Waals surface area (Å²) >= 11 is 0. The van der Waals surface area contributed by atoms with Gasteiger partial charge in [0.1, 0.15) is 17.0 Å². The third-order valence-corrected chi connectivity index (χ3v) is 8.07. The minimum Gasteiger partial charge on any atom is -0.455 e. The van der Waals surface area contributed by atoms with Gasteiger partial charge in [0.15, 0.2) is 0 Å². The lowest BCUT2D eigenvalue weighted by molar-refractivity contribution is 0.668. The second-order valence-electron chi connectivity index (χ2n) is 11.5.